The van der Waals surface area contributed by atoms with Crippen molar-refractivity contribution in [2.45, 2.75) is 26.7 Å². The van der Waals surface area contributed by atoms with Crippen LogP contribution >= 0.6 is 46.9 Å². The van der Waals surface area contributed by atoms with Crippen molar-refractivity contribution < 1.29 is 4.79 Å². The van der Waals surface area contributed by atoms with Crippen LogP contribution in [0.15, 0.2) is 40.7 Å². The first-order chi connectivity index (χ1) is 12.6. The molecule has 8 heteroatoms. The van der Waals surface area contributed by atoms with Gasteiger partial charge in [0.2, 0.25) is 5.91 Å². The summed E-state index contributed by atoms with van der Waals surface area (Å²) in [5.41, 5.74) is 1.70. The van der Waals surface area contributed by atoms with Gasteiger partial charge in [0.1, 0.15) is 0 Å². The van der Waals surface area contributed by atoms with Gasteiger partial charge < -0.3 is 16.0 Å². The molecule has 1 aromatic heterocycles. The second kappa shape index (κ2) is 13.0. The first-order valence-electron chi connectivity index (χ1n) is 8.69. The zero-order chi connectivity index (χ0) is 18.8. The van der Waals surface area contributed by atoms with E-state index in [9.17, 15) is 4.79 Å². The van der Waals surface area contributed by atoms with Crippen LogP contribution in [0.5, 0.6) is 0 Å². The fourth-order valence-corrected chi connectivity index (χ4v) is 3.28. The third kappa shape index (κ3) is 8.94. The summed E-state index contributed by atoms with van der Waals surface area (Å²) in [7, 11) is 0. The molecular formula is C19H26ClIN4OS. The Bertz CT molecular complexity index is 737. The Morgan fingerprint density at radius 2 is 2.07 bits per heavy atom. The average Bonchev–Trinajstić information content (AvgIpc) is 3.11. The Kier molecular flexibility index (Phi) is 11.4. The molecule has 0 aliphatic heterocycles. The number of hydrogen-bond donors (Lipinski definition) is 3. The van der Waals surface area contributed by atoms with E-state index in [0.717, 1.165) is 24.5 Å². The third-order valence-corrected chi connectivity index (χ3v) is 4.84. The molecule has 2 rings (SSSR count). The summed E-state index contributed by atoms with van der Waals surface area (Å²) in [6.07, 6.45) is 1.25. The molecule has 1 amide bonds. The molecule has 148 valence electrons. The molecule has 5 nitrogen and oxygen atoms in total. The molecule has 1 heterocycles. The van der Waals surface area contributed by atoms with Crippen LogP contribution < -0.4 is 16.0 Å². The fourth-order valence-electron chi connectivity index (χ4n) is 2.30. The highest BCUT2D eigenvalue weighted by molar-refractivity contribution is 14.0. The van der Waals surface area contributed by atoms with E-state index in [2.05, 4.69) is 32.4 Å². The molecule has 27 heavy (non-hydrogen) atoms. The van der Waals surface area contributed by atoms with Crippen molar-refractivity contribution >= 4 is 64.5 Å². The van der Waals surface area contributed by atoms with E-state index in [1.54, 1.807) is 11.3 Å². The van der Waals surface area contributed by atoms with Gasteiger partial charge in [-0.25, -0.2) is 0 Å². The van der Waals surface area contributed by atoms with Crippen molar-refractivity contribution in [1.82, 2.24) is 10.6 Å². The van der Waals surface area contributed by atoms with E-state index in [1.807, 2.05) is 38.1 Å². The fraction of sp³-hybridized carbons (Fsp3) is 0.368. The Morgan fingerprint density at radius 3 is 2.74 bits per heavy atom. The van der Waals surface area contributed by atoms with Gasteiger partial charge in [0, 0.05) is 37.4 Å². The lowest BCUT2D eigenvalue weighted by Gasteiger charge is -2.12. The quantitative estimate of drug-likeness (QED) is 0.274. The maximum Gasteiger partial charge on any atom is 0.226 e. The van der Waals surface area contributed by atoms with Crippen molar-refractivity contribution in [3.8, 4) is 0 Å². The standard InChI is InChI=1S/C19H25ClN4OS.HI/c1-3-21-19(22-10-8-15-5-4-12-26-15)23-11-9-18(25)24-17-7-6-14(2)13-16(17)20;/h4-7,12-13H,3,8-11H2,1-2H3,(H,24,25)(H2,21,22,23);1H. The Morgan fingerprint density at radius 1 is 1.26 bits per heavy atom. The molecule has 0 bridgehead atoms. The SMILES string of the molecule is CCNC(=NCCc1cccs1)NCCC(=O)Nc1ccc(C)cc1Cl.I. The molecule has 0 saturated carbocycles. The maximum absolute atomic E-state index is 12.1. The highest BCUT2D eigenvalue weighted by Gasteiger charge is 2.06. The zero-order valence-corrected chi connectivity index (χ0v) is 19.5. The first kappa shape index (κ1) is 23.7. The van der Waals surface area contributed by atoms with Crippen LogP contribution in [0.2, 0.25) is 5.02 Å². The third-order valence-electron chi connectivity index (χ3n) is 3.60. The Labute approximate surface area is 187 Å². The topological polar surface area (TPSA) is 65.5 Å². The number of thiophene rings is 1. The molecule has 0 aliphatic rings. The van der Waals surface area contributed by atoms with Gasteiger partial charge in [0.05, 0.1) is 10.7 Å². The molecule has 2 aromatic rings. The number of carbonyl (C=O) groups is 1. The molecule has 0 radical (unpaired) electrons. The summed E-state index contributed by atoms with van der Waals surface area (Å²) in [5, 5.41) is 11.8. The van der Waals surface area contributed by atoms with E-state index in [0.29, 0.717) is 30.2 Å². The van der Waals surface area contributed by atoms with Gasteiger partial charge in [-0.1, -0.05) is 23.7 Å². The lowest BCUT2D eigenvalue weighted by molar-refractivity contribution is -0.116. The van der Waals surface area contributed by atoms with E-state index in [4.69, 9.17) is 11.6 Å². The van der Waals surface area contributed by atoms with Crippen LogP contribution in [-0.4, -0.2) is 31.5 Å². The largest absolute Gasteiger partial charge is 0.357 e. The normalized spacial score (nSPS) is 10.9. The van der Waals surface area contributed by atoms with Crippen molar-refractivity contribution in [3.63, 3.8) is 0 Å². The van der Waals surface area contributed by atoms with Crippen LogP contribution in [-0.2, 0) is 11.2 Å². The number of benzene rings is 1. The highest BCUT2D eigenvalue weighted by Crippen LogP contribution is 2.22. The van der Waals surface area contributed by atoms with Crippen molar-refractivity contribution in [1.29, 1.82) is 0 Å². The van der Waals surface area contributed by atoms with E-state index in [1.165, 1.54) is 4.88 Å². The number of halogens is 2. The summed E-state index contributed by atoms with van der Waals surface area (Å²) < 4.78 is 0. The number of rotatable bonds is 8. The van der Waals surface area contributed by atoms with Gasteiger partial charge >= 0.3 is 0 Å². The van der Waals surface area contributed by atoms with Gasteiger partial charge in [-0.2, -0.15) is 0 Å². The van der Waals surface area contributed by atoms with Crippen LogP contribution in [0, 0.1) is 6.92 Å². The lowest BCUT2D eigenvalue weighted by Crippen LogP contribution is -2.38. The zero-order valence-electron chi connectivity index (χ0n) is 15.5. The lowest BCUT2D eigenvalue weighted by atomic mass is 10.2. The van der Waals surface area contributed by atoms with Crippen molar-refractivity contribution in [3.05, 3.63) is 51.2 Å². The minimum atomic E-state index is -0.0855. The van der Waals surface area contributed by atoms with E-state index in [-0.39, 0.29) is 29.9 Å². The predicted octanol–water partition coefficient (Wildman–Crippen LogP) is 4.45. The number of amides is 1. The van der Waals surface area contributed by atoms with E-state index >= 15 is 0 Å². The van der Waals surface area contributed by atoms with Crippen molar-refractivity contribution in [2.75, 3.05) is 25.0 Å². The molecule has 0 unspecified atom stereocenters. The van der Waals surface area contributed by atoms with Crippen LogP contribution in [0.4, 0.5) is 5.69 Å². The van der Waals surface area contributed by atoms with Crippen LogP contribution in [0.3, 0.4) is 0 Å². The number of carbonyl (C=O) groups excluding carboxylic acids is 1. The van der Waals surface area contributed by atoms with Crippen LogP contribution in [0.25, 0.3) is 0 Å². The average molecular weight is 521 g/mol. The monoisotopic (exact) mass is 520 g/mol. The number of guanidine groups is 1. The number of anilines is 1. The molecule has 0 fully saturated rings. The van der Waals surface area contributed by atoms with Gasteiger partial charge in [-0.3, -0.25) is 9.79 Å². The molecule has 0 saturated heterocycles. The summed E-state index contributed by atoms with van der Waals surface area (Å²) in [4.78, 5) is 17.9. The molecule has 0 aliphatic carbocycles. The van der Waals surface area contributed by atoms with Crippen LogP contribution in [0.1, 0.15) is 23.8 Å². The second-order valence-electron chi connectivity index (χ2n) is 5.80. The minimum absolute atomic E-state index is 0. The van der Waals surface area contributed by atoms with Gasteiger partial charge in [-0.05, 0) is 43.0 Å². The van der Waals surface area contributed by atoms with Gasteiger partial charge in [0.25, 0.3) is 0 Å². The Balaban J connectivity index is 0.00000364. The van der Waals surface area contributed by atoms with Crippen molar-refractivity contribution in [2.24, 2.45) is 4.99 Å². The molecule has 3 N–H and O–H groups in total. The number of aliphatic imine (C=N–C) groups is 1. The summed E-state index contributed by atoms with van der Waals surface area (Å²) in [6.45, 7) is 5.96. The smallest absolute Gasteiger partial charge is 0.226 e. The number of aryl methyl sites for hydroxylation is 1. The number of hydrogen-bond acceptors (Lipinski definition) is 3. The molecule has 0 atom stereocenters. The van der Waals surface area contributed by atoms with E-state index < -0.39 is 0 Å². The van der Waals surface area contributed by atoms with Gasteiger partial charge in [0.15, 0.2) is 5.96 Å². The highest BCUT2D eigenvalue weighted by atomic mass is 127. The molecule has 0 spiro atoms. The molecule has 1 aromatic carbocycles. The second-order valence-corrected chi connectivity index (χ2v) is 7.24. The summed E-state index contributed by atoms with van der Waals surface area (Å²) in [5.74, 6) is 0.642. The predicted molar refractivity (Wildman–Crippen MR) is 127 cm³/mol. The minimum Gasteiger partial charge on any atom is -0.357 e. The number of nitrogens with one attached hydrogen (secondary N) is 3. The first-order valence-corrected chi connectivity index (χ1v) is 9.95. The molecular weight excluding hydrogens is 495 g/mol. The summed E-state index contributed by atoms with van der Waals surface area (Å²) in [6, 6.07) is 9.73. The maximum atomic E-state index is 12.1. The van der Waals surface area contributed by atoms with Gasteiger partial charge in [-0.15, -0.1) is 35.3 Å². The summed E-state index contributed by atoms with van der Waals surface area (Å²) >= 11 is 7.88. The Hall–Kier alpha value is -1.32. The number of nitrogens with zero attached hydrogens (tertiary/aromatic N) is 1.